The van der Waals surface area contributed by atoms with Crippen molar-refractivity contribution in [1.82, 2.24) is 16.0 Å². The van der Waals surface area contributed by atoms with Gasteiger partial charge in [-0.05, 0) is 42.3 Å². The van der Waals surface area contributed by atoms with Crippen LogP contribution < -0.4 is 16.0 Å². The van der Waals surface area contributed by atoms with Crippen LogP contribution in [0, 0.1) is 6.92 Å². The molecule has 3 aromatic rings. The Morgan fingerprint density at radius 2 is 1.63 bits per heavy atom. The minimum Gasteiger partial charge on any atom is -0.467 e. The third-order valence-corrected chi connectivity index (χ3v) is 4.46. The van der Waals surface area contributed by atoms with Gasteiger partial charge in [-0.1, -0.05) is 42.0 Å². The molecular formula is C23H27IN4O2. The molecule has 1 heterocycles. The number of carbonyl (C=O) groups is 1. The van der Waals surface area contributed by atoms with Crippen LogP contribution in [0.15, 0.2) is 76.3 Å². The zero-order valence-corrected chi connectivity index (χ0v) is 19.5. The second kappa shape index (κ2) is 12.0. The van der Waals surface area contributed by atoms with E-state index in [9.17, 15) is 4.79 Å². The Morgan fingerprint density at radius 1 is 0.900 bits per heavy atom. The van der Waals surface area contributed by atoms with Crippen LogP contribution in [-0.2, 0) is 19.6 Å². The molecule has 6 nitrogen and oxygen atoms in total. The number of nitrogens with one attached hydrogen (secondary N) is 3. The fourth-order valence-electron chi connectivity index (χ4n) is 2.80. The fourth-order valence-corrected chi connectivity index (χ4v) is 2.80. The molecule has 0 spiro atoms. The maximum absolute atomic E-state index is 12.4. The number of hydrogen-bond acceptors (Lipinski definition) is 3. The summed E-state index contributed by atoms with van der Waals surface area (Å²) < 4.78 is 5.24. The second-order valence-corrected chi connectivity index (χ2v) is 6.73. The van der Waals surface area contributed by atoms with Crippen molar-refractivity contribution in [1.29, 1.82) is 0 Å². The van der Waals surface area contributed by atoms with Crippen molar-refractivity contribution < 1.29 is 9.21 Å². The van der Waals surface area contributed by atoms with Crippen LogP contribution in [0.4, 0.5) is 0 Å². The normalized spacial score (nSPS) is 10.8. The lowest BCUT2D eigenvalue weighted by Crippen LogP contribution is -2.36. The van der Waals surface area contributed by atoms with E-state index in [2.05, 4.69) is 52.1 Å². The van der Waals surface area contributed by atoms with Crippen LogP contribution in [0.3, 0.4) is 0 Å². The van der Waals surface area contributed by atoms with Crippen molar-refractivity contribution in [3.05, 3.63) is 94.9 Å². The molecule has 3 N–H and O–H groups in total. The van der Waals surface area contributed by atoms with E-state index >= 15 is 0 Å². The van der Waals surface area contributed by atoms with Gasteiger partial charge in [0.1, 0.15) is 5.76 Å². The molecule has 0 unspecified atom stereocenters. The standard InChI is InChI=1S/C23H26N4O2.HI/c1-17-8-10-18(11-9-17)14-26-23(24-2)27-15-19-5-3-6-20(13-19)22(28)25-16-21-7-4-12-29-21;/h3-13H,14-16H2,1-2H3,(H,25,28)(H2,24,26,27);1H. The first kappa shape index (κ1) is 23.5. The fraction of sp³-hybridized carbons (Fsp3) is 0.217. The van der Waals surface area contributed by atoms with E-state index in [4.69, 9.17) is 4.42 Å². The highest BCUT2D eigenvalue weighted by Gasteiger charge is 2.07. The first-order valence-corrected chi connectivity index (χ1v) is 9.53. The number of halogens is 1. The molecule has 0 aliphatic rings. The number of furan rings is 1. The van der Waals surface area contributed by atoms with Gasteiger partial charge in [-0.25, -0.2) is 0 Å². The van der Waals surface area contributed by atoms with Crippen molar-refractivity contribution >= 4 is 35.8 Å². The Hall–Kier alpha value is -2.81. The first-order chi connectivity index (χ1) is 14.1. The van der Waals surface area contributed by atoms with Gasteiger partial charge in [0.25, 0.3) is 5.91 Å². The van der Waals surface area contributed by atoms with Crippen LogP contribution in [0.1, 0.15) is 32.8 Å². The highest BCUT2D eigenvalue weighted by Crippen LogP contribution is 2.07. The van der Waals surface area contributed by atoms with E-state index in [1.165, 1.54) is 11.1 Å². The molecule has 0 saturated heterocycles. The molecule has 0 aliphatic heterocycles. The van der Waals surface area contributed by atoms with Crippen LogP contribution in [0.25, 0.3) is 0 Å². The van der Waals surface area contributed by atoms with E-state index in [-0.39, 0.29) is 29.9 Å². The van der Waals surface area contributed by atoms with Gasteiger partial charge in [0.2, 0.25) is 0 Å². The van der Waals surface area contributed by atoms with Crippen molar-refractivity contribution in [3.8, 4) is 0 Å². The zero-order valence-electron chi connectivity index (χ0n) is 17.1. The number of benzene rings is 2. The lowest BCUT2D eigenvalue weighted by Gasteiger charge is -2.13. The molecule has 1 aromatic heterocycles. The summed E-state index contributed by atoms with van der Waals surface area (Å²) in [4.78, 5) is 16.6. The molecule has 7 heteroatoms. The lowest BCUT2D eigenvalue weighted by molar-refractivity contribution is 0.0948. The highest BCUT2D eigenvalue weighted by molar-refractivity contribution is 14.0. The Kier molecular flexibility index (Phi) is 9.40. The Bertz CT molecular complexity index is 954. The van der Waals surface area contributed by atoms with Gasteiger partial charge < -0.3 is 20.4 Å². The summed E-state index contributed by atoms with van der Waals surface area (Å²) in [6, 6.07) is 19.5. The third-order valence-electron chi connectivity index (χ3n) is 4.46. The molecule has 158 valence electrons. The lowest BCUT2D eigenvalue weighted by atomic mass is 10.1. The number of nitrogens with zero attached hydrogens (tertiary/aromatic N) is 1. The number of amides is 1. The van der Waals surface area contributed by atoms with Gasteiger partial charge in [-0.3, -0.25) is 9.79 Å². The highest BCUT2D eigenvalue weighted by atomic mass is 127. The SMILES string of the molecule is CN=C(NCc1ccc(C)cc1)NCc1cccc(C(=O)NCc2ccco2)c1.I. The maximum atomic E-state index is 12.4. The molecule has 0 bridgehead atoms. The molecule has 1 amide bonds. The average Bonchev–Trinajstić information content (AvgIpc) is 3.27. The van der Waals surface area contributed by atoms with E-state index in [0.29, 0.717) is 31.2 Å². The number of hydrogen-bond donors (Lipinski definition) is 3. The van der Waals surface area contributed by atoms with Gasteiger partial charge in [-0.2, -0.15) is 0 Å². The summed E-state index contributed by atoms with van der Waals surface area (Å²) in [5, 5.41) is 9.44. The second-order valence-electron chi connectivity index (χ2n) is 6.73. The molecular weight excluding hydrogens is 491 g/mol. The Labute approximate surface area is 194 Å². The van der Waals surface area contributed by atoms with Crippen LogP contribution >= 0.6 is 24.0 Å². The predicted octanol–water partition coefficient (Wildman–Crippen LogP) is 4.00. The van der Waals surface area contributed by atoms with E-state index < -0.39 is 0 Å². The zero-order chi connectivity index (χ0) is 20.5. The summed E-state index contributed by atoms with van der Waals surface area (Å²) in [5.74, 6) is 1.29. The minimum atomic E-state index is -0.134. The van der Waals surface area contributed by atoms with Crippen molar-refractivity contribution in [2.75, 3.05) is 7.05 Å². The molecule has 0 aliphatic carbocycles. The van der Waals surface area contributed by atoms with Crippen LogP contribution in [0.2, 0.25) is 0 Å². The monoisotopic (exact) mass is 518 g/mol. The molecule has 0 saturated carbocycles. The summed E-state index contributed by atoms with van der Waals surface area (Å²) in [7, 11) is 1.74. The number of aryl methyl sites for hydroxylation is 1. The molecule has 2 aromatic carbocycles. The van der Waals surface area contributed by atoms with Crippen molar-refractivity contribution in [3.63, 3.8) is 0 Å². The number of rotatable bonds is 7. The Morgan fingerprint density at radius 3 is 2.30 bits per heavy atom. The van der Waals surface area contributed by atoms with E-state index in [0.717, 1.165) is 11.3 Å². The summed E-state index contributed by atoms with van der Waals surface area (Å²) in [6.07, 6.45) is 1.59. The summed E-state index contributed by atoms with van der Waals surface area (Å²) >= 11 is 0. The number of aliphatic imine (C=N–C) groups is 1. The average molecular weight is 518 g/mol. The quantitative estimate of drug-likeness (QED) is 0.251. The maximum Gasteiger partial charge on any atom is 0.251 e. The van der Waals surface area contributed by atoms with Gasteiger partial charge in [0, 0.05) is 25.7 Å². The van der Waals surface area contributed by atoms with Crippen LogP contribution in [-0.4, -0.2) is 18.9 Å². The number of guanidine groups is 1. The summed E-state index contributed by atoms with van der Waals surface area (Å²) in [5.41, 5.74) is 4.03. The largest absolute Gasteiger partial charge is 0.467 e. The van der Waals surface area contributed by atoms with Crippen LogP contribution in [0.5, 0.6) is 0 Å². The summed E-state index contributed by atoms with van der Waals surface area (Å²) in [6.45, 7) is 3.69. The van der Waals surface area contributed by atoms with Gasteiger partial charge >= 0.3 is 0 Å². The molecule has 0 radical (unpaired) electrons. The van der Waals surface area contributed by atoms with Gasteiger partial charge in [0.15, 0.2) is 5.96 Å². The first-order valence-electron chi connectivity index (χ1n) is 9.53. The number of carbonyl (C=O) groups excluding carboxylic acids is 1. The molecule has 30 heavy (non-hydrogen) atoms. The predicted molar refractivity (Wildman–Crippen MR) is 130 cm³/mol. The molecule has 0 atom stereocenters. The van der Waals surface area contributed by atoms with Gasteiger partial charge in [0.05, 0.1) is 12.8 Å². The minimum absolute atomic E-state index is 0. The van der Waals surface area contributed by atoms with Crippen molar-refractivity contribution in [2.24, 2.45) is 4.99 Å². The van der Waals surface area contributed by atoms with Crippen molar-refractivity contribution in [2.45, 2.75) is 26.6 Å². The van der Waals surface area contributed by atoms with Gasteiger partial charge in [-0.15, -0.1) is 24.0 Å². The third kappa shape index (κ3) is 7.22. The molecule has 0 fully saturated rings. The molecule has 3 rings (SSSR count). The Balaban J connectivity index is 0.00000320. The van der Waals surface area contributed by atoms with E-state index in [1.807, 2.05) is 24.3 Å². The van der Waals surface area contributed by atoms with E-state index in [1.54, 1.807) is 25.4 Å². The topological polar surface area (TPSA) is 78.7 Å². The smallest absolute Gasteiger partial charge is 0.251 e.